The van der Waals surface area contributed by atoms with Crippen molar-refractivity contribution in [3.8, 4) is 17.2 Å². The van der Waals surface area contributed by atoms with Crippen LogP contribution in [0.5, 0.6) is 17.2 Å². The van der Waals surface area contributed by atoms with E-state index in [9.17, 15) is 9.59 Å². The standard InChI is InChI=1S/C23H27Cl2NO6/c1-6-30-21(27)13-26(23(28)31-7-2)15-10-18(24)22(19(25)11-15)32-16-8-9-20(29-5)17(12-16)14(3)4/h8-12,14H,6-7,13H2,1-5H3. The SMILES string of the molecule is CCOC(=O)CN(C(=O)OCC)c1cc(Cl)c(Oc2ccc(OC)c(C(C)C)c2)c(Cl)c1. The molecule has 0 bridgehead atoms. The van der Waals surface area contributed by atoms with Gasteiger partial charge in [0.1, 0.15) is 18.0 Å². The van der Waals surface area contributed by atoms with Crippen LogP contribution < -0.4 is 14.4 Å². The zero-order valence-electron chi connectivity index (χ0n) is 18.7. The molecule has 2 aromatic carbocycles. The topological polar surface area (TPSA) is 74.3 Å². The molecule has 0 aliphatic heterocycles. The summed E-state index contributed by atoms with van der Waals surface area (Å²) >= 11 is 12.9. The van der Waals surface area contributed by atoms with Gasteiger partial charge in [-0.05, 0) is 50.1 Å². The first-order valence-electron chi connectivity index (χ1n) is 10.2. The van der Waals surface area contributed by atoms with Gasteiger partial charge < -0.3 is 18.9 Å². The van der Waals surface area contributed by atoms with E-state index in [1.807, 2.05) is 26.0 Å². The van der Waals surface area contributed by atoms with Gasteiger partial charge in [-0.1, -0.05) is 37.0 Å². The van der Waals surface area contributed by atoms with E-state index in [-0.39, 0.29) is 47.2 Å². The average molecular weight is 484 g/mol. The number of hydrogen-bond acceptors (Lipinski definition) is 6. The van der Waals surface area contributed by atoms with Crippen LogP contribution in [0.25, 0.3) is 0 Å². The minimum atomic E-state index is -0.724. The highest BCUT2D eigenvalue weighted by Crippen LogP contribution is 2.41. The number of methoxy groups -OCH3 is 1. The number of hydrogen-bond donors (Lipinski definition) is 0. The molecule has 0 heterocycles. The number of ether oxygens (including phenoxy) is 4. The van der Waals surface area contributed by atoms with Crippen LogP contribution in [0.3, 0.4) is 0 Å². The average Bonchev–Trinajstić information content (AvgIpc) is 2.74. The lowest BCUT2D eigenvalue weighted by Crippen LogP contribution is -2.37. The molecule has 0 saturated carbocycles. The quantitative estimate of drug-likeness (QED) is 0.381. The van der Waals surface area contributed by atoms with Crippen LogP contribution in [0.15, 0.2) is 30.3 Å². The zero-order valence-corrected chi connectivity index (χ0v) is 20.2. The first kappa shape index (κ1) is 25.6. The number of rotatable bonds is 9. The summed E-state index contributed by atoms with van der Waals surface area (Å²) in [6.07, 6.45) is -0.724. The molecule has 0 spiro atoms. The summed E-state index contributed by atoms with van der Waals surface area (Å²) in [5.41, 5.74) is 1.24. The van der Waals surface area contributed by atoms with Crippen molar-refractivity contribution >= 4 is 41.0 Å². The molecule has 0 aliphatic rings. The molecule has 2 rings (SSSR count). The molecule has 9 heteroatoms. The minimum Gasteiger partial charge on any atom is -0.496 e. The molecule has 0 N–H and O–H groups in total. The van der Waals surface area contributed by atoms with E-state index in [2.05, 4.69) is 0 Å². The summed E-state index contributed by atoms with van der Waals surface area (Å²) in [4.78, 5) is 25.5. The lowest BCUT2D eigenvalue weighted by Gasteiger charge is -2.22. The molecule has 32 heavy (non-hydrogen) atoms. The Morgan fingerprint density at radius 2 is 1.62 bits per heavy atom. The number of carbonyl (C=O) groups is 2. The zero-order chi connectivity index (χ0) is 23.8. The fourth-order valence-corrected chi connectivity index (χ4v) is 3.50. The second-order valence-electron chi connectivity index (χ2n) is 6.99. The Bertz CT molecular complexity index is 940. The van der Waals surface area contributed by atoms with Crippen molar-refractivity contribution in [3.05, 3.63) is 45.9 Å². The van der Waals surface area contributed by atoms with Gasteiger partial charge in [0.2, 0.25) is 0 Å². The molecule has 1 amide bonds. The maximum Gasteiger partial charge on any atom is 0.414 e. The largest absolute Gasteiger partial charge is 0.496 e. The lowest BCUT2D eigenvalue weighted by atomic mass is 10.0. The molecule has 0 atom stereocenters. The molecule has 0 radical (unpaired) electrons. The highest BCUT2D eigenvalue weighted by molar-refractivity contribution is 6.37. The first-order chi connectivity index (χ1) is 15.2. The Morgan fingerprint density at radius 3 is 2.16 bits per heavy atom. The Morgan fingerprint density at radius 1 is 1.00 bits per heavy atom. The van der Waals surface area contributed by atoms with Crippen LogP contribution in [0.2, 0.25) is 10.0 Å². The van der Waals surface area contributed by atoms with Gasteiger partial charge in [0.15, 0.2) is 5.75 Å². The number of esters is 1. The van der Waals surface area contributed by atoms with Crippen LogP contribution in [0.4, 0.5) is 10.5 Å². The van der Waals surface area contributed by atoms with Crippen molar-refractivity contribution in [2.75, 3.05) is 31.8 Å². The van der Waals surface area contributed by atoms with E-state index >= 15 is 0 Å². The second kappa shape index (κ2) is 11.8. The van der Waals surface area contributed by atoms with Crippen molar-refractivity contribution in [1.82, 2.24) is 0 Å². The summed E-state index contributed by atoms with van der Waals surface area (Å²) in [6.45, 7) is 7.40. The molecule has 2 aromatic rings. The Kier molecular flexibility index (Phi) is 9.47. The van der Waals surface area contributed by atoms with E-state index in [0.717, 1.165) is 16.2 Å². The fourth-order valence-electron chi connectivity index (χ4n) is 2.94. The third-order valence-electron chi connectivity index (χ3n) is 4.42. The Balaban J connectivity index is 2.38. The Labute approximate surface area is 198 Å². The smallest absolute Gasteiger partial charge is 0.414 e. The molecular formula is C23H27Cl2NO6. The van der Waals surface area contributed by atoms with Gasteiger partial charge in [-0.25, -0.2) is 4.79 Å². The van der Waals surface area contributed by atoms with Crippen molar-refractivity contribution in [2.24, 2.45) is 0 Å². The fraction of sp³-hybridized carbons (Fsp3) is 0.391. The molecule has 0 aliphatic carbocycles. The number of carbonyl (C=O) groups excluding carboxylic acids is 2. The van der Waals surface area contributed by atoms with Gasteiger partial charge in [-0.2, -0.15) is 0 Å². The monoisotopic (exact) mass is 483 g/mol. The summed E-state index contributed by atoms with van der Waals surface area (Å²) in [6, 6.07) is 8.37. The number of halogens is 2. The van der Waals surface area contributed by atoms with Crippen molar-refractivity contribution < 1.29 is 28.5 Å². The highest BCUT2D eigenvalue weighted by atomic mass is 35.5. The summed E-state index contributed by atoms with van der Waals surface area (Å²) < 4.78 is 21.3. The molecule has 0 aromatic heterocycles. The third kappa shape index (κ3) is 6.43. The number of anilines is 1. The Hall–Kier alpha value is -2.64. The van der Waals surface area contributed by atoms with Gasteiger partial charge in [-0.3, -0.25) is 9.69 Å². The third-order valence-corrected chi connectivity index (χ3v) is 4.98. The number of nitrogens with zero attached hydrogens (tertiary/aromatic N) is 1. The lowest BCUT2D eigenvalue weighted by molar-refractivity contribution is -0.141. The predicted molar refractivity (Wildman–Crippen MR) is 125 cm³/mol. The van der Waals surface area contributed by atoms with Gasteiger partial charge in [0.05, 0.1) is 36.1 Å². The number of benzene rings is 2. The molecular weight excluding hydrogens is 457 g/mol. The summed E-state index contributed by atoms with van der Waals surface area (Å²) in [5.74, 6) is 1.12. The van der Waals surface area contributed by atoms with E-state index < -0.39 is 12.1 Å². The molecule has 0 unspecified atom stereocenters. The number of amides is 1. The van der Waals surface area contributed by atoms with Gasteiger partial charge in [0.25, 0.3) is 0 Å². The van der Waals surface area contributed by atoms with Crippen molar-refractivity contribution in [3.63, 3.8) is 0 Å². The minimum absolute atomic E-state index is 0.135. The summed E-state index contributed by atoms with van der Waals surface area (Å²) in [5, 5.41) is 0.320. The summed E-state index contributed by atoms with van der Waals surface area (Å²) in [7, 11) is 1.61. The van der Waals surface area contributed by atoms with E-state index in [1.165, 1.54) is 12.1 Å². The van der Waals surface area contributed by atoms with Crippen LogP contribution in [-0.2, 0) is 14.3 Å². The van der Waals surface area contributed by atoms with E-state index in [1.54, 1.807) is 27.0 Å². The van der Waals surface area contributed by atoms with Crippen molar-refractivity contribution in [1.29, 1.82) is 0 Å². The van der Waals surface area contributed by atoms with E-state index in [0.29, 0.717) is 5.75 Å². The molecule has 7 nitrogen and oxygen atoms in total. The normalized spacial score (nSPS) is 10.6. The molecule has 0 fully saturated rings. The van der Waals surface area contributed by atoms with Crippen LogP contribution >= 0.6 is 23.2 Å². The highest BCUT2D eigenvalue weighted by Gasteiger charge is 2.24. The maximum absolute atomic E-state index is 12.4. The van der Waals surface area contributed by atoms with Gasteiger partial charge >= 0.3 is 12.1 Å². The first-order valence-corrected chi connectivity index (χ1v) is 10.9. The maximum atomic E-state index is 12.4. The van der Waals surface area contributed by atoms with Crippen molar-refractivity contribution in [2.45, 2.75) is 33.6 Å². The predicted octanol–water partition coefficient (Wildman–Crippen LogP) is 6.44. The van der Waals surface area contributed by atoms with Gasteiger partial charge in [0, 0.05) is 5.56 Å². The van der Waals surface area contributed by atoms with Crippen LogP contribution in [-0.4, -0.2) is 38.9 Å². The van der Waals surface area contributed by atoms with E-state index in [4.69, 9.17) is 42.1 Å². The van der Waals surface area contributed by atoms with Gasteiger partial charge in [-0.15, -0.1) is 0 Å². The molecule has 0 saturated heterocycles. The van der Waals surface area contributed by atoms with Crippen LogP contribution in [0, 0.1) is 0 Å². The second-order valence-corrected chi connectivity index (χ2v) is 7.80. The van der Waals surface area contributed by atoms with Crippen LogP contribution in [0.1, 0.15) is 39.2 Å². The molecule has 174 valence electrons.